The second kappa shape index (κ2) is 7.18. The quantitative estimate of drug-likeness (QED) is 0.569. The number of carbonyl (C=O) groups excluding carboxylic acids is 1. The lowest BCUT2D eigenvalue weighted by atomic mass is 10.0. The van der Waals surface area contributed by atoms with Gasteiger partial charge in [0.05, 0.1) is 17.7 Å². The number of halogens is 2. The number of H-pyrrole nitrogens is 1. The van der Waals surface area contributed by atoms with E-state index in [2.05, 4.69) is 20.9 Å². The Kier molecular flexibility index (Phi) is 4.99. The van der Waals surface area contributed by atoms with Crippen molar-refractivity contribution in [3.8, 4) is 0 Å². The fraction of sp³-hybridized carbons (Fsp3) is 0.211. The number of aromatic amines is 1. The van der Waals surface area contributed by atoms with Gasteiger partial charge in [0.25, 0.3) is 0 Å². The van der Waals surface area contributed by atoms with Crippen molar-refractivity contribution in [3.63, 3.8) is 0 Å². The summed E-state index contributed by atoms with van der Waals surface area (Å²) in [6.07, 6.45) is 0.547. The molecule has 3 aromatic rings. The van der Waals surface area contributed by atoms with Gasteiger partial charge >= 0.3 is 5.97 Å². The number of esters is 1. The number of rotatable bonds is 3. The minimum Gasteiger partial charge on any atom is -0.465 e. The molecule has 6 nitrogen and oxygen atoms in total. The van der Waals surface area contributed by atoms with Gasteiger partial charge in [-0.3, -0.25) is 0 Å². The molecule has 28 heavy (non-hydrogen) atoms. The van der Waals surface area contributed by atoms with Gasteiger partial charge < -0.3 is 9.72 Å². The number of fused-ring (bicyclic) bond motifs is 3. The van der Waals surface area contributed by atoms with Crippen LogP contribution in [0.4, 0.5) is 0 Å². The molecule has 0 radical (unpaired) electrons. The number of nitrogens with one attached hydrogen (secondary N) is 1. The average Bonchev–Trinajstić information content (AvgIpc) is 3.04. The molecule has 1 N–H and O–H groups in total. The molecule has 0 saturated heterocycles. The number of benzene rings is 2. The number of aromatic nitrogens is 1. The van der Waals surface area contributed by atoms with Gasteiger partial charge in [0, 0.05) is 40.6 Å². The molecule has 0 saturated carbocycles. The minimum atomic E-state index is -3.75. The summed E-state index contributed by atoms with van der Waals surface area (Å²) in [5.74, 6) is -0.432. The lowest BCUT2D eigenvalue weighted by molar-refractivity contribution is 0.0601. The Bertz CT molecular complexity index is 1210. The Labute approximate surface area is 175 Å². The van der Waals surface area contributed by atoms with Gasteiger partial charge in [0.2, 0.25) is 10.0 Å². The lowest BCUT2D eigenvalue weighted by Crippen LogP contribution is -2.35. The molecule has 1 aliphatic rings. The molecule has 0 spiro atoms. The number of hydrogen-bond donors (Lipinski definition) is 1. The first kappa shape index (κ1) is 19.4. The molecule has 0 aliphatic carbocycles. The number of sulfonamides is 1. The first-order valence-electron chi connectivity index (χ1n) is 8.48. The SMILES string of the molecule is COC(=O)c1ccc2[nH]c3c(c2c1)CN(S(=O)(=O)c1ccc(Br)cc1Cl)CC3. The minimum absolute atomic E-state index is 0.0795. The van der Waals surface area contributed by atoms with E-state index in [0.717, 1.165) is 22.2 Å². The number of methoxy groups -OCH3 is 1. The van der Waals surface area contributed by atoms with Crippen molar-refractivity contribution in [1.29, 1.82) is 0 Å². The van der Waals surface area contributed by atoms with Crippen LogP contribution in [0.5, 0.6) is 0 Å². The van der Waals surface area contributed by atoms with E-state index in [-0.39, 0.29) is 16.5 Å². The highest BCUT2D eigenvalue weighted by Crippen LogP contribution is 2.33. The monoisotopic (exact) mass is 482 g/mol. The molecule has 146 valence electrons. The highest BCUT2D eigenvalue weighted by atomic mass is 79.9. The van der Waals surface area contributed by atoms with Gasteiger partial charge in [-0.1, -0.05) is 27.5 Å². The van der Waals surface area contributed by atoms with Crippen LogP contribution in [0.1, 0.15) is 21.6 Å². The smallest absolute Gasteiger partial charge is 0.337 e. The van der Waals surface area contributed by atoms with Crippen molar-refractivity contribution in [3.05, 3.63) is 62.7 Å². The summed E-state index contributed by atoms with van der Waals surface area (Å²) in [5.41, 5.74) is 3.13. The standard InChI is InChI=1S/C19H16BrClN2O4S/c1-27-19(24)11-2-4-16-13(8-11)14-10-23(7-6-17(14)22-16)28(25,26)18-5-3-12(20)9-15(18)21/h2-5,8-9,22H,6-7,10H2,1H3. The maximum Gasteiger partial charge on any atom is 0.337 e. The molecule has 1 aromatic heterocycles. The van der Waals surface area contributed by atoms with E-state index in [1.165, 1.54) is 17.5 Å². The van der Waals surface area contributed by atoms with Crippen LogP contribution in [0, 0.1) is 0 Å². The van der Waals surface area contributed by atoms with E-state index in [1.807, 2.05) is 6.07 Å². The van der Waals surface area contributed by atoms with Gasteiger partial charge in [-0.05, 0) is 42.0 Å². The van der Waals surface area contributed by atoms with Crippen LogP contribution >= 0.6 is 27.5 Å². The molecular formula is C19H16BrClN2O4S. The normalized spacial score (nSPS) is 14.8. The highest BCUT2D eigenvalue weighted by molar-refractivity contribution is 9.10. The molecule has 0 amide bonds. The molecule has 0 fully saturated rings. The summed E-state index contributed by atoms with van der Waals surface area (Å²) in [4.78, 5) is 15.3. The fourth-order valence-corrected chi connectivity index (χ4v) is 5.88. The number of ether oxygens (including phenoxy) is 1. The van der Waals surface area contributed by atoms with E-state index < -0.39 is 16.0 Å². The van der Waals surface area contributed by atoms with Gasteiger partial charge in [0.1, 0.15) is 4.90 Å². The van der Waals surface area contributed by atoms with Crippen LogP contribution < -0.4 is 0 Å². The van der Waals surface area contributed by atoms with Gasteiger partial charge in [-0.15, -0.1) is 0 Å². The summed E-state index contributed by atoms with van der Waals surface area (Å²) in [7, 11) is -2.43. The summed E-state index contributed by atoms with van der Waals surface area (Å²) in [5, 5.41) is 0.992. The van der Waals surface area contributed by atoms with Crippen LogP contribution in [0.2, 0.25) is 5.02 Å². The molecule has 1 aliphatic heterocycles. The van der Waals surface area contributed by atoms with Crippen LogP contribution in [-0.2, 0) is 27.7 Å². The van der Waals surface area contributed by atoms with E-state index in [4.69, 9.17) is 16.3 Å². The van der Waals surface area contributed by atoms with E-state index in [9.17, 15) is 13.2 Å². The molecule has 9 heteroatoms. The van der Waals surface area contributed by atoms with Crippen molar-refractivity contribution in [2.45, 2.75) is 17.9 Å². The zero-order valence-corrected chi connectivity index (χ0v) is 18.0. The third kappa shape index (κ3) is 3.24. The van der Waals surface area contributed by atoms with Crippen molar-refractivity contribution in [2.75, 3.05) is 13.7 Å². The lowest BCUT2D eigenvalue weighted by Gasteiger charge is -2.27. The predicted octanol–water partition coefficient (Wildman–Crippen LogP) is 4.12. The average molecular weight is 484 g/mol. The topological polar surface area (TPSA) is 79.5 Å². The summed E-state index contributed by atoms with van der Waals surface area (Å²) >= 11 is 9.48. The zero-order chi connectivity index (χ0) is 20.1. The molecule has 0 unspecified atom stereocenters. The van der Waals surface area contributed by atoms with Gasteiger partial charge in [0.15, 0.2) is 0 Å². The summed E-state index contributed by atoms with van der Waals surface area (Å²) in [6, 6.07) is 9.96. The van der Waals surface area contributed by atoms with Crippen molar-refractivity contribution < 1.29 is 17.9 Å². The first-order valence-corrected chi connectivity index (χ1v) is 11.1. The van der Waals surface area contributed by atoms with Crippen LogP contribution in [0.15, 0.2) is 45.8 Å². The molecular weight excluding hydrogens is 468 g/mol. The molecule has 0 bridgehead atoms. The maximum absolute atomic E-state index is 13.2. The van der Waals surface area contributed by atoms with E-state index in [0.29, 0.717) is 23.0 Å². The van der Waals surface area contributed by atoms with Crippen molar-refractivity contribution in [2.24, 2.45) is 0 Å². The van der Waals surface area contributed by atoms with Crippen LogP contribution in [0.3, 0.4) is 0 Å². The second-order valence-corrected chi connectivity index (χ2v) is 9.73. The number of hydrogen-bond acceptors (Lipinski definition) is 4. The Morgan fingerprint density at radius 2 is 2.04 bits per heavy atom. The second-order valence-electron chi connectivity index (χ2n) is 6.50. The maximum atomic E-state index is 13.2. The molecule has 0 atom stereocenters. The Hall–Kier alpha value is -1.87. The van der Waals surface area contributed by atoms with Gasteiger partial charge in [-0.2, -0.15) is 4.31 Å². The van der Waals surface area contributed by atoms with E-state index in [1.54, 1.807) is 24.3 Å². The Balaban J connectivity index is 1.75. The van der Waals surface area contributed by atoms with Crippen LogP contribution in [0.25, 0.3) is 10.9 Å². The van der Waals surface area contributed by atoms with Crippen molar-refractivity contribution in [1.82, 2.24) is 9.29 Å². The number of nitrogens with zero attached hydrogens (tertiary/aromatic N) is 1. The largest absolute Gasteiger partial charge is 0.465 e. The summed E-state index contributed by atoms with van der Waals surface area (Å²) in [6.45, 7) is 0.549. The predicted molar refractivity (Wildman–Crippen MR) is 110 cm³/mol. The third-order valence-corrected chi connectivity index (χ3v) is 7.69. The van der Waals surface area contributed by atoms with E-state index >= 15 is 0 Å². The highest BCUT2D eigenvalue weighted by Gasteiger charge is 2.31. The first-order chi connectivity index (χ1) is 13.3. The van der Waals surface area contributed by atoms with Crippen molar-refractivity contribution >= 4 is 54.4 Å². The molecule has 4 rings (SSSR count). The number of carbonyl (C=O) groups is 1. The summed E-state index contributed by atoms with van der Waals surface area (Å²) < 4.78 is 33.2. The third-order valence-electron chi connectivity index (χ3n) is 4.87. The molecule has 2 aromatic carbocycles. The Morgan fingerprint density at radius 3 is 2.75 bits per heavy atom. The van der Waals surface area contributed by atoms with Gasteiger partial charge in [-0.25, -0.2) is 13.2 Å². The van der Waals surface area contributed by atoms with Crippen LogP contribution in [-0.4, -0.2) is 37.3 Å². The fourth-order valence-electron chi connectivity index (χ4n) is 3.46. The zero-order valence-electron chi connectivity index (χ0n) is 14.8. The Morgan fingerprint density at radius 1 is 1.25 bits per heavy atom. The molecule has 2 heterocycles.